The molecule has 0 amide bonds. The van der Waals surface area contributed by atoms with Gasteiger partial charge in [-0.15, -0.1) is 29.8 Å². The summed E-state index contributed by atoms with van der Waals surface area (Å²) in [5, 5.41) is 5.15. The molecule has 4 aromatic heterocycles. The number of ether oxygens (including phenoxy) is 1. The van der Waals surface area contributed by atoms with Gasteiger partial charge in [-0.25, -0.2) is 0 Å². The van der Waals surface area contributed by atoms with Crippen LogP contribution in [0.25, 0.3) is 71.6 Å². The number of furan rings is 1. The van der Waals surface area contributed by atoms with Crippen molar-refractivity contribution in [2.24, 2.45) is 0 Å². The third-order valence-corrected chi connectivity index (χ3v) is 7.66. The van der Waals surface area contributed by atoms with Gasteiger partial charge in [0.25, 0.3) is 0 Å². The molecule has 0 aliphatic rings. The topological polar surface area (TPSA) is 52.6 Å². The number of hydrogen-bond donors (Lipinski definition) is 0. The Bertz CT molecular complexity index is 2460. The minimum Gasteiger partial charge on any atom is -0.497 e. The Morgan fingerprint density at radius 1 is 0.643 bits per heavy atom. The quantitative estimate of drug-likeness (QED) is 0.135. The van der Waals surface area contributed by atoms with Crippen LogP contribution in [0.4, 0.5) is 0 Å². The van der Waals surface area contributed by atoms with Gasteiger partial charge in [0.15, 0.2) is 0 Å². The van der Waals surface area contributed by atoms with Crippen molar-refractivity contribution in [1.29, 1.82) is 0 Å². The van der Waals surface area contributed by atoms with E-state index in [9.17, 15) is 0 Å². The Balaban J connectivity index is 0.00000267. The number of hydrogen-bond acceptors (Lipinski definition) is 4. The largest absolute Gasteiger partial charge is 2.00 e. The molecule has 0 unspecified atom stereocenters. The fraction of sp³-hybridized carbons (Fsp3) is 0. The van der Waals surface area contributed by atoms with Crippen LogP contribution >= 0.6 is 0 Å². The van der Waals surface area contributed by atoms with Crippen LogP contribution in [0.5, 0.6) is 11.5 Å². The van der Waals surface area contributed by atoms with Gasteiger partial charge in [-0.05, 0) is 47.5 Å². The molecule has 5 aromatic carbocycles. The molecule has 0 aliphatic heterocycles. The summed E-state index contributed by atoms with van der Waals surface area (Å²) in [6.45, 7) is 0. The van der Waals surface area contributed by atoms with Gasteiger partial charge in [-0.1, -0.05) is 71.4 Å². The van der Waals surface area contributed by atoms with Crippen LogP contribution in [0.15, 0.2) is 120 Å². The van der Waals surface area contributed by atoms with Crippen molar-refractivity contribution in [1.82, 2.24) is 14.4 Å². The van der Waals surface area contributed by atoms with Gasteiger partial charge in [0.05, 0.1) is 16.7 Å². The van der Waals surface area contributed by atoms with E-state index in [1.54, 1.807) is 6.20 Å². The first kappa shape index (κ1) is 24.8. The SMILES string of the molecule is [Pt+2].[c-]1c(Oc2[c-]c3c(cc2)c2cc4oc5ccccc5c4cc2n2c4ccccc4nc32)cccc1-c1ccccn1. The van der Waals surface area contributed by atoms with Crippen molar-refractivity contribution in [2.75, 3.05) is 0 Å². The summed E-state index contributed by atoms with van der Waals surface area (Å²) in [5.74, 6) is 1.18. The molecule has 0 saturated carbocycles. The first-order valence-corrected chi connectivity index (χ1v) is 13.4. The van der Waals surface area contributed by atoms with Crippen LogP contribution in [-0.4, -0.2) is 14.4 Å². The molecule has 0 fully saturated rings. The first-order valence-electron chi connectivity index (χ1n) is 13.4. The van der Waals surface area contributed by atoms with Crippen molar-refractivity contribution in [3.05, 3.63) is 128 Å². The Labute approximate surface area is 254 Å². The van der Waals surface area contributed by atoms with Gasteiger partial charge in [0.2, 0.25) is 0 Å². The normalized spacial score (nSPS) is 11.6. The number of imidazole rings is 1. The van der Waals surface area contributed by atoms with Gasteiger partial charge in [-0.3, -0.25) is 4.98 Å². The second-order valence-corrected chi connectivity index (χ2v) is 10.1. The molecule has 42 heavy (non-hydrogen) atoms. The molecule has 0 N–H and O–H groups in total. The summed E-state index contributed by atoms with van der Waals surface area (Å²) in [6.07, 6.45) is 1.77. The molecule has 5 nitrogen and oxygen atoms in total. The number of benzene rings is 5. The van der Waals surface area contributed by atoms with E-state index < -0.39 is 0 Å². The summed E-state index contributed by atoms with van der Waals surface area (Å²) >= 11 is 0. The number of para-hydroxylation sites is 3. The minimum atomic E-state index is 0. The van der Waals surface area contributed by atoms with Crippen molar-refractivity contribution in [2.45, 2.75) is 0 Å². The zero-order valence-corrected chi connectivity index (χ0v) is 24.2. The van der Waals surface area contributed by atoms with E-state index in [1.165, 1.54) is 0 Å². The molecule has 0 aliphatic carbocycles. The van der Waals surface area contributed by atoms with Crippen LogP contribution in [-0.2, 0) is 21.1 Å². The van der Waals surface area contributed by atoms with Gasteiger partial charge >= 0.3 is 21.1 Å². The maximum Gasteiger partial charge on any atom is 2.00 e. The fourth-order valence-electron chi connectivity index (χ4n) is 5.83. The van der Waals surface area contributed by atoms with Crippen LogP contribution in [0.3, 0.4) is 0 Å². The molecular formula is C36H19N3O2Pt. The molecule has 0 saturated heterocycles. The van der Waals surface area contributed by atoms with Crippen molar-refractivity contribution < 1.29 is 30.2 Å². The van der Waals surface area contributed by atoms with Crippen LogP contribution in [0.2, 0.25) is 0 Å². The molecule has 9 rings (SSSR count). The summed E-state index contributed by atoms with van der Waals surface area (Å²) in [7, 11) is 0. The van der Waals surface area contributed by atoms with Gasteiger partial charge < -0.3 is 18.5 Å². The second-order valence-electron chi connectivity index (χ2n) is 10.1. The van der Waals surface area contributed by atoms with Crippen molar-refractivity contribution >= 4 is 60.3 Å². The molecule has 0 bridgehead atoms. The van der Waals surface area contributed by atoms with Crippen LogP contribution < -0.4 is 4.74 Å². The predicted octanol–water partition coefficient (Wildman–Crippen LogP) is 9.15. The third-order valence-electron chi connectivity index (χ3n) is 7.66. The Morgan fingerprint density at radius 3 is 2.43 bits per heavy atom. The molecule has 4 heterocycles. The average Bonchev–Trinajstić information content (AvgIpc) is 3.59. The number of nitrogens with zero attached hydrogens (tertiary/aromatic N) is 3. The minimum absolute atomic E-state index is 0. The smallest absolute Gasteiger partial charge is 0.497 e. The molecule has 200 valence electrons. The summed E-state index contributed by atoms with van der Waals surface area (Å²) in [6, 6.07) is 43.3. The number of aromatic nitrogens is 3. The molecule has 0 spiro atoms. The fourth-order valence-corrected chi connectivity index (χ4v) is 5.83. The van der Waals surface area contributed by atoms with E-state index >= 15 is 0 Å². The number of rotatable bonds is 3. The van der Waals surface area contributed by atoms with Crippen molar-refractivity contribution in [3.8, 4) is 22.8 Å². The average molecular weight is 721 g/mol. The van der Waals surface area contributed by atoms with Gasteiger partial charge in [0, 0.05) is 34.0 Å². The summed E-state index contributed by atoms with van der Waals surface area (Å²) in [5.41, 5.74) is 7.30. The summed E-state index contributed by atoms with van der Waals surface area (Å²) in [4.78, 5) is 9.51. The van der Waals surface area contributed by atoms with E-state index in [1.807, 2.05) is 78.9 Å². The molecule has 6 heteroatoms. The van der Waals surface area contributed by atoms with E-state index in [-0.39, 0.29) is 21.1 Å². The standard InChI is InChI=1S/C36H19N3O2.Pt/c1-4-14-34-26(10-1)28-20-33-27(21-35(28)41-34)25-16-15-24(19-29(25)36-38-31-12-2-3-13-32(31)39(33)36)40-23-9-7-8-22(18-23)30-11-5-6-17-37-30;/h1-17,20-21H;/q-2;+2. The van der Waals surface area contributed by atoms with Gasteiger partial charge in [-0.2, -0.15) is 0 Å². The Morgan fingerprint density at radius 2 is 1.50 bits per heavy atom. The van der Waals surface area contributed by atoms with E-state index in [0.29, 0.717) is 11.5 Å². The van der Waals surface area contributed by atoms with Crippen LogP contribution in [0, 0.1) is 12.1 Å². The van der Waals surface area contributed by atoms with E-state index in [2.05, 4.69) is 51.8 Å². The summed E-state index contributed by atoms with van der Waals surface area (Å²) < 4.78 is 14.8. The van der Waals surface area contributed by atoms with Crippen molar-refractivity contribution in [3.63, 3.8) is 0 Å². The number of pyridine rings is 2. The molecule has 0 atom stereocenters. The predicted molar refractivity (Wildman–Crippen MR) is 162 cm³/mol. The zero-order chi connectivity index (χ0) is 26.9. The Kier molecular flexibility index (Phi) is 5.63. The second kappa shape index (κ2) is 9.54. The first-order chi connectivity index (χ1) is 20.3. The van der Waals surface area contributed by atoms with Gasteiger partial charge in [0.1, 0.15) is 11.2 Å². The van der Waals surface area contributed by atoms with Crippen LogP contribution in [0.1, 0.15) is 0 Å². The van der Waals surface area contributed by atoms with E-state index in [4.69, 9.17) is 14.1 Å². The number of fused-ring (bicyclic) bond motifs is 11. The molecule has 9 aromatic rings. The maximum atomic E-state index is 6.30. The molecular weight excluding hydrogens is 701 g/mol. The zero-order valence-electron chi connectivity index (χ0n) is 21.9. The molecule has 0 radical (unpaired) electrons. The van der Waals surface area contributed by atoms with E-state index in [0.717, 1.165) is 71.6 Å². The maximum absolute atomic E-state index is 6.30. The monoisotopic (exact) mass is 720 g/mol. The Hall–Kier alpha value is -4.99. The third kappa shape index (κ3) is 3.74.